The van der Waals surface area contributed by atoms with Crippen molar-refractivity contribution in [1.82, 2.24) is 0 Å². The molecular weight excluding hydrogens is 290 g/mol. The maximum absolute atomic E-state index is 11.6. The van der Waals surface area contributed by atoms with Gasteiger partial charge in [-0.1, -0.05) is 30.3 Å². The van der Waals surface area contributed by atoms with Crippen molar-refractivity contribution < 1.29 is 13.3 Å². The van der Waals surface area contributed by atoms with E-state index in [0.29, 0.717) is 11.1 Å². The van der Waals surface area contributed by atoms with E-state index < -0.39 is 14.8 Å². The molecule has 0 saturated heterocycles. The molecule has 5 nitrogen and oxygen atoms in total. The molecule has 108 valence electrons. The average Bonchev–Trinajstić information content (AvgIpc) is 2.45. The van der Waals surface area contributed by atoms with Crippen LogP contribution in [-0.2, 0) is 9.84 Å². The molecule has 21 heavy (non-hydrogen) atoms. The van der Waals surface area contributed by atoms with Crippen molar-refractivity contribution in [3.63, 3.8) is 0 Å². The Morgan fingerprint density at radius 1 is 1.00 bits per heavy atom. The molecule has 0 spiro atoms. The van der Waals surface area contributed by atoms with Crippen molar-refractivity contribution in [2.24, 2.45) is 0 Å². The maximum atomic E-state index is 11.6. The van der Waals surface area contributed by atoms with Crippen LogP contribution in [0.2, 0.25) is 0 Å². The van der Waals surface area contributed by atoms with Crippen molar-refractivity contribution in [3.05, 3.63) is 81.2 Å². The first kappa shape index (κ1) is 14.9. The Hall–Kier alpha value is -2.47. The largest absolute Gasteiger partial charge is 0.269 e. The summed E-state index contributed by atoms with van der Waals surface area (Å²) in [5, 5.41) is 11.8. The molecule has 0 fully saturated rings. The van der Waals surface area contributed by atoms with Crippen molar-refractivity contribution >= 4 is 21.1 Å². The van der Waals surface area contributed by atoms with Gasteiger partial charge in [-0.3, -0.25) is 10.1 Å². The van der Waals surface area contributed by atoms with Crippen LogP contribution in [0.1, 0.15) is 11.1 Å². The number of non-ortho nitro benzene ring substituents is 1. The summed E-state index contributed by atoms with van der Waals surface area (Å²) < 4.78 is 23.2. The van der Waals surface area contributed by atoms with Gasteiger partial charge < -0.3 is 0 Å². The Kier molecular flexibility index (Phi) is 4.18. The van der Waals surface area contributed by atoms with Crippen molar-refractivity contribution in [2.45, 2.75) is 0 Å². The molecule has 2 aromatic carbocycles. The molecule has 0 aliphatic heterocycles. The predicted molar refractivity (Wildman–Crippen MR) is 81.5 cm³/mol. The van der Waals surface area contributed by atoms with Crippen molar-refractivity contribution in [2.75, 3.05) is 6.26 Å². The molecule has 0 aliphatic rings. The van der Waals surface area contributed by atoms with E-state index in [1.165, 1.54) is 17.5 Å². The molecule has 2 aromatic rings. The SMILES string of the molecule is CS(=O)(=O)/C=C(/c1ccccc1)c1ccc([N+](=O)[O-])cc1. The number of hydrogen-bond donors (Lipinski definition) is 0. The van der Waals surface area contributed by atoms with Gasteiger partial charge in [0, 0.05) is 29.4 Å². The first-order valence-corrected chi connectivity index (χ1v) is 8.04. The van der Waals surface area contributed by atoms with Gasteiger partial charge >= 0.3 is 0 Å². The number of rotatable bonds is 4. The quantitative estimate of drug-likeness (QED) is 0.642. The third-order valence-corrected chi connectivity index (χ3v) is 3.47. The standard InChI is InChI=1S/C15H13NO4S/c1-21(19,20)11-15(12-5-3-2-4-6-12)13-7-9-14(10-8-13)16(17)18/h2-11H,1H3/b15-11-. The Morgan fingerprint density at radius 2 is 1.52 bits per heavy atom. The topological polar surface area (TPSA) is 77.3 Å². The minimum absolute atomic E-state index is 0.0366. The van der Waals surface area contributed by atoms with Gasteiger partial charge in [-0.2, -0.15) is 0 Å². The van der Waals surface area contributed by atoms with Gasteiger partial charge in [0.15, 0.2) is 9.84 Å². The molecule has 0 saturated carbocycles. The second-order valence-corrected chi connectivity index (χ2v) is 6.43. The zero-order valence-corrected chi connectivity index (χ0v) is 12.1. The van der Waals surface area contributed by atoms with Crippen LogP contribution in [0.25, 0.3) is 5.57 Å². The summed E-state index contributed by atoms with van der Waals surface area (Å²) in [5.74, 6) is 0. The highest BCUT2D eigenvalue weighted by Gasteiger charge is 2.11. The number of sulfone groups is 1. The van der Waals surface area contributed by atoms with Crippen LogP contribution in [-0.4, -0.2) is 19.6 Å². The van der Waals surface area contributed by atoms with Crippen LogP contribution in [0.4, 0.5) is 5.69 Å². The molecule has 0 atom stereocenters. The molecular formula is C15H13NO4S. The maximum Gasteiger partial charge on any atom is 0.269 e. The molecule has 0 radical (unpaired) electrons. The van der Waals surface area contributed by atoms with Crippen LogP contribution >= 0.6 is 0 Å². The van der Waals surface area contributed by atoms with Gasteiger partial charge in [0.1, 0.15) is 0 Å². The summed E-state index contributed by atoms with van der Waals surface area (Å²) in [6.45, 7) is 0. The minimum Gasteiger partial charge on any atom is -0.258 e. The highest BCUT2D eigenvalue weighted by molar-refractivity contribution is 7.93. The van der Waals surface area contributed by atoms with Crippen LogP contribution in [0.3, 0.4) is 0 Å². The summed E-state index contributed by atoms with van der Waals surface area (Å²) in [7, 11) is -3.34. The Balaban J connectivity index is 2.56. The van der Waals surface area contributed by atoms with E-state index >= 15 is 0 Å². The summed E-state index contributed by atoms with van der Waals surface area (Å²) in [4.78, 5) is 10.2. The van der Waals surface area contributed by atoms with E-state index in [2.05, 4.69) is 0 Å². The fourth-order valence-corrected chi connectivity index (χ4v) is 2.60. The molecule has 2 rings (SSSR count). The molecule has 0 aliphatic carbocycles. The Morgan fingerprint density at radius 3 is 2.00 bits per heavy atom. The summed E-state index contributed by atoms with van der Waals surface area (Å²) in [6, 6.07) is 14.8. The van der Waals surface area contributed by atoms with E-state index in [9.17, 15) is 18.5 Å². The molecule has 0 unspecified atom stereocenters. The monoisotopic (exact) mass is 303 g/mol. The molecule has 0 N–H and O–H groups in total. The third-order valence-electron chi connectivity index (χ3n) is 2.81. The minimum atomic E-state index is -3.34. The molecule has 6 heteroatoms. The molecule has 0 heterocycles. The highest BCUT2D eigenvalue weighted by atomic mass is 32.2. The second-order valence-electron chi connectivity index (χ2n) is 4.53. The second kappa shape index (κ2) is 5.88. The molecule has 0 amide bonds. The van der Waals surface area contributed by atoms with E-state index in [-0.39, 0.29) is 5.69 Å². The van der Waals surface area contributed by atoms with E-state index in [1.807, 2.05) is 6.07 Å². The van der Waals surface area contributed by atoms with Gasteiger partial charge in [0.25, 0.3) is 5.69 Å². The molecule has 0 aromatic heterocycles. The van der Waals surface area contributed by atoms with Crippen LogP contribution in [0.5, 0.6) is 0 Å². The lowest BCUT2D eigenvalue weighted by molar-refractivity contribution is -0.384. The lowest BCUT2D eigenvalue weighted by Crippen LogP contribution is -1.96. The first-order valence-electron chi connectivity index (χ1n) is 6.09. The van der Waals surface area contributed by atoms with Gasteiger partial charge in [-0.25, -0.2) is 8.42 Å². The smallest absolute Gasteiger partial charge is 0.258 e. The van der Waals surface area contributed by atoms with Crippen LogP contribution in [0, 0.1) is 10.1 Å². The summed E-state index contributed by atoms with van der Waals surface area (Å²) in [6.07, 6.45) is 1.11. The lowest BCUT2D eigenvalue weighted by atomic mass is 9.99. The summed E-state index contributed by atoms with van der Waals surface area (Å²) >= 11 is 0. The van der Waals surface area contributed by atoms with Gasteiger partial charge in [0.2, 0.25) is 0 Å². The average molecular weight is 303 g/mol. The van der Waals surface area contributed by atoms with Crippen LogP contribution in [0.15, 0.2) is 60.0 Å². The number of hydrogen-bond acceptors (Lipinski definition) is 4. The lowest BCUT2D eigenvalue weighted by Gasteiger charge is -2.08. The van der Waals surface area contributed by atoms with E-state index in [0.717, 1.165) is 11.8 Å². The van der Waals surface area contributed by atoms with Gasteiger partial charge in [-0.05, 0) is 23.3 Å². The zero-order valence-electron chi connectivity index (χ0n) is 11.3. The van der Waals surface area contributed by atoms with E-state index in [4.69, 9.17) is 0 Å². The number of nitrogens with zero attached hydrogens (tertiary/aromatic N) is 1. The third kappa shape index (κ3) is 4.00. The fraction of sp³-hybridized carbons (Fsp3) is 0.0667. The first-order chi connectivity index (χ1) is 9.87. The van der Waals surface area contributed by atoms with Crippen LogP contribution < -0.4 is 0 Å². The Labute approximate surface area is 122 Å². The zero-order chi connectivity index (χ0) is 15.5. The highest BCUT2D eigenvalue weighted by Crippen LogP contribution is 2.26. The predicted octanol–water partition coefficient (Wildman–Crippen LogP) is 3.03. The van der Waals surface area contributed by atoms with Crippen molar-refractivity contribution in [1.29, 1.82) is 0 Å². The number of nitro groups is 1. The number of nitro benzene ring substituents is 1. The Bertz CT molecular complexity index is 778. The fourth-order valence-electron chi connectivity index (χ4n) is 1.90. The number of benzene rings is 2. The summed E-state index contributed by atoms with van der Waals surface area (Å²) in [5.41, 5.74) is 1.81. The van der Waals surface area contributed by atoms with E-state index in [1.54, 1.807) is 36.4 Å². The van der Waals surface area contributed by atoms with Crippen molar-refractivity contribution in [3.8, 4) is 0 Å². The normalized spacial score (nSPS) is 12.1. The van der Waals surface area contributed by atoms with Gasteiger partial charge in [-0.15, -0.1) is 0 Å². The molecule has 0 bridgehead atoms. The van der Waals surface area contributed by atoms with Gasteiger partial charge in [0.05, 0.1) is 4.92 Å².